The number of aromatic nitrogens is 3. The van der Waals surface area contributed by atoms with Crippen LogP contribution in [0.25, 0.3) is 22.4 Å². The summed E-state index contributed by atoms with van der Waals surface area (Å²) in [6, 6.07) is 15.8. The normalized spacial score (nSPS) is 10.8. The van der Waals surface area contributed by atoms with Gasteiger partial charge >= 0.3 is 0 Å². The molecule has 0 saturated carbocycles. The van der Waals surface area contributed by atoms with Crippen LogP contribution in [0.4, 0.5) is 5.69 Å². The van der Waals surface area contributed by atoms with Gasteiger partial charge in [0.15, 0.2) is 5.82 Å². The van der Waals surface area contributed by atoms with E-state index in [1.54, 1.807) is 37.3 Å². The number of methoxy groups -OCH3 is 1. The minimum absolute atomic E-state index is 0.152. The van der Waals surface area contributed by atoms with Gasteiger partial charge in [0.1, 0.15) is 12.3 Å². The van der Waals surface area contributed by atoms with Crippen molar-refractivity contribution in [3.8, 4) is 17.2 Å². The predicted molar refractivity (Wildman–Crippen MR) is 108 cm³/mol. The van der Waals surface area contributed by atoms with E-state index in [1.807, 2.05) is 18.2 Å². The summed E-state index contributed by atoms with van der Waals surface area (Å²) >= 11 is 0. The fraction of sp³-hybridized carbons (Fsp3) is 0.143. The monoisotopic (exact) mass is 390 g/mol. The molecule has 8 nitrogen and oxygen atoms in total. The second-order valence-corrected chi connectivity index (χ2v) is 6.39. The van der Waals surface area contributed by atoms with Gasteiger partial charge in [-0.3, -0.25) is 14.2 Å². The van der Waals surface area contributed by atoms with Gasteiger partial charge in [0.25, 0.3) is 11.4 Å². The van der Waals surface area contributed by atoms with Gasteiger partial charge in [-0.25, -0.2) is 0 Å². The van der Waals surface area contributed by atoms with E-state index in [2.05, 4.69) is 15.5 Å². The summed E-state index contributed by atoms with van der Waals surface area (Å²) < 4.78 is 11.9. The fourth-order valence-electron chi connectivity index (χ4n) is 3.16. The number of hydrogen-bond acceptors (Lipinski definition) is 6. The maximum Gasteiger partial charge on any atom is 0.258 e. The highest BCUT2D eigenvalue weighted by Gasteiger charge is 2.17. The lowest BCUT2D eigenvalue weighted by Crippen LogP contribution is -2.28. The minimum Gasteiger partial charge on any atom is -0.495 e. The zero-order chi connectivity index (χ0) is 20.4. The highest BCUT2D eigenvalue weighted by atomic mass is 16.5. The topological polar surface area (TPSA) is 99.2 Å². The van der Waals surface area contributed by atoms with Crippen LogP contribution in [0.5, 0.6) is 5.75 Å². The minimum atomic E-state index is -0.344. The number of anilines is 1. The third-order valence-corrected chi connectivity index (χ3v) is 4.46. The van der Waals surface area contributed by atoms with Crippen LogP contribution in [0.15, 0.2) is 63.9 Å². The molecule has 2 heterocycles. The van der Waals surface area contributed by atoms with Crippen molar-refractivity contribution in [1.29, 1.82) is 0 Å². The average Bonchev–Trinajstić information content (AvgIpc) is 3.16. The molecule has 146 valence electrons. The molecule has 29 heavy (non-hydrogen) atoms. The first kappa shape index (κ1) is 18.4. The number of benzene rings is 2. The molecule has 0 bridgehead atoms. The maximum atomic E-state index is 12.8. The predicted octanol–water partition coefficient (Wildman–Crippen LogP) is 3.01. The van der Waals surface area contributed by atoms with Crippen LogP contribution in [0.1, 0.15) is 5.82 Å². The Labute approximate surface area is 165 Å². The number of pyridine rings is 1. The average molecular weight is 390 g/mol. The Balaban J connectivity index is 1.72. The van der Waals surface area contributed by atoms with E-state index < -0.39 is 0 Å². The van der Waals surface area contributed by atoms with Crippen molar-refractivity contribution in [3.63, 3.8) is 0 Å². The number of carbonyl (C=O) groups is 1. The second kappa shape index (κ2) is 7.59. The highest BCUT2D eigenvalue weighted by molar-refractivity contribution is 5.95. The van der Waals surface area contributed by atoms with Crippen molar-refractivity contribution < 1.29 is 14.1 Å². The summed E-state index contributed by atoms with van der Waals surface area (Å²) in [5.74, 6) is 0.939. The zero-order valence-electron chi connectivity index (χ0n) is 15.9. The molecule has 0 aliphatic heterocycles. The molecule has 0 atom stereocenters. The van der Waals surface area contributed by atoms with Crippen molar-refractivity contribution in [3.05, 3.63) is 70.8 Å². The third-order valence-electron chi connectivity index (χ3n) is 4.46. The number of nitrogens with one attached hydrogen (secondary N) is 1. The van der Waals surface area contributed by atoms with Crippen molar-refractivity contribution in [2.75, 3.05) is 12.4 Å². The quantitative estimate of drug-likeness (QED) is 0.562. The molecule has 2 aromatic heterocycles. The molecule has 1 amide bonds. The molecule has 8 heteroatoms. The molecular weight excluding hydrogens is 372 g/mol. The van der Waals surface area contributed by atoms with Gasteiger partial charge in [-0.15, -0.1) is 0 Å². The van der Waals surface area contributed by atoms with E-state index in [4.69, 9.17) is 9.26 Å². The lowest BCUT2D eigenvalue weighted by Gasteiger charge is -2.13. The number of ether oxygens (including phenoxy) is 1. The number of fused-ring (bicyclic) bond motifs is 1. The summed E-state index contributed by atoms with van der Waals surface area (Å²) in [6.45, 7) is 1.55. The number of para-hydroxylation sites is 3. The van der Waals surface area contributed by atoms with Crippen molar-refractivity contribution in [1.82, 2.24) is 14.7 Å². The number of aryl methyl sites for hydroxylation is 1. The highest BCUT2D eigenvalue weighted by Crippen LogP contribution is 2.26. The SMILES string of the molecule is COc1ccccc1NC(=O)Cn1c(=O)cc(-c2nc(C)no2)c2ccccc21. The molecule has 4 rings (SSSR count). The van der Waals surface area contributed by atoms with Gasteiger partial charge in [0, 0.05) is 11.5 Å². The molecule has 0 aliphatic carbocycles. The second-order valence-electron chi connectivity index (χ2n) is 6.39. The Kier molecular flexibility index (Phi) is 4.82. The van der Waals surface area contributed by atoms with Gasteiger partial charge in [-0.1, -0.05) is 35.5 Å². The van der Waals surface area contributed by atoms with Crippen molar-refractivity contribution in [2.24, 2.45) is 0 Å². The number of carbonyl (C=O) groups excluding carboxylic acids is 1. The Hall–Kier alpha value is -3.94. The molecule has 0 aliphatic rings. The van der Waals surface area contributed by atoms with Crippen LogP contribution in [0.2, 0.25) is 0 Å². The molecule has 0 radical (unpaired) electrons. The van der Waals surface area contributed by atoms with Gasteiger partial charge < -0.3 is 14.6 Å². The zero-order valence-corrected chi connectivity index (χ0v) is 15.9. The van der Waals surface area contributed by atoms with E-state index in [9.17, 15) is 9.59 Å². The summed E-state index contributed by atoms with van der Waals surface area (Å²) in [4.78, 5) is 29.7. The Morgan fingerprint density at radius 3 is 2.69 bits per heavy atom. The molecule has 2 aromatic carbocycles. The summed E-state index contributed by atoms with van der Waals surface area (Å²) in [5.41, 5.74) is 1.33. The van der Waals surface area contributed by atoms with Crippen molar-refractivity contribution in [2.45, 2.75) is 13.5 Å². The number of amides is 1. The van der Waals surface area contributed by atoms with E-state index in [1.165, 1.54) is 17.7 Å². The molecule has 0 fully saturated rings. The smallest absolute Gasteiger partial charge is 0.258 e. The molecular formula is C21H18N4O4. The van der Waals surface area contributed by atoms with E-state index in [0.717, 1.165) is 5.39 Å². The molecule has 4 aromatic rings. The molecule has 0 saturated heterocycles. The molecule has 1 N–H and O–H groups in total. The third kappa shape index (κ3) is 3.60. The Bertz CT molecular complexity index is 1260. The number of nitrogens with zero attached hydrogens (tertiary/aromatic N) is 3. The first-order valence-electron chi connectivity index (χ1n) is 8.93. The Morgan fingerprint density at radius 1 is 1.17 bits per heavy atom. The first-order chi connectivity index (χ1) is 14.1. The van der Waals surface area contributed by atoms with Gasteiger partial charge in [0.05, 0.1) is 23.9 Å². The van der Waals surface area contributed by atoms with E-state index in [-0.39, 0.29) is 23.9 Å². The molecule has 0 spiro atoms. The first-order valence-corrected chi connectivity index (χ1v) is 8.93. The van der Waals surface area contributed by atoms with E-state index in [0.29, 0.717) is 28.3 Å². The summed E-state index contributed by atoms with van der Waals surface area (Å²) in [5, 5.41) is 7.32. The maximum absolute atomic E-state index is 12.8. The van der Waals surface area contributed by atoms with Crippen LogP contribution < -0.4 is 15.6 Å². The number of hydrogen-bond donors (Lipinski definition) is 1. The lowest BCUT2D eigenvalue weighted by atomic mass is 10.1. The van der Waals surface area contributed by atoms with Crippen LogP contribution in [0, 0.1) is 6.92 Å². The molecule has 0 unspecified atom stereocenters. The summed E-state index contributed by atoms with van der Waals surface area (Å²) in [7, 11) is 1.53. The fourth-order valence-corrected chi connectivity index (χ4v) is 3.16. The van der Waals surface area contributed by atoms with Crippen LogP contribution in [-0.2, 0) is 11.3 Å². The van der Waals surface area contributed by atoms with Gasteiger partial charge in [0.2, 0.25) is 5.91 Å². The van der Waals surface area contributed by atoms with Crippen LogP contribution in [-0.4, -0.2) is 27.7 Å². The lowest BCUT2D eigenvalue weighted by molar-refractivity contribution is -0.116. The van der Waals surface area contributed by atoms with Gasteiger partial charge in [-0.2, -0.15) is 4.98 Å². The van der Waals surface area contributed by atoms with E-state index >= 15 is 0 Å². The standard InChI is InChI=1S/C21H18N4O4/c1-13-22-21(29-24-13)15-11-20(27)25(17-9-5-3-7-14(15)17)12-19(26)23-16-8-4-6-10-18(16)28-2/h3-11H,12H2,1-2H3,(H,23,26). The van der Waals surface area contributed by atoms with Crippen LogP contribution in [0.3, 0.4) is 0 Å². The number of rotatable bonds is 5. The largest absolute Gasteiger partial charge is 0.495 e. The van der Waals surface area contributed by atoms with Crippen molar-refractivity contribution >= 4 is 22.5 Å². The Morgan fingerprint density at radius 2 is 1.93 bits per heavy atom. The summed E-state index contributed by atoms with van der Waals surface area (Å²) in [6.07, 6.45) is 0. The van der Waals surface area contributed by atoms with Gasteiger partial charge in [-0.05, 0) is 25.1 Å². The van der Waals surface area contributed by atoms with Crippen LogP contribution >= 0.6 is 0 Å².